The number of carbonyl (C=O) groups excluding carboxylic acids is 1. The molecule has 2 saturated heterocycles. The molecule has 3 N–H and O–H groups in total. The fourth-order valence-electron chi connectivity index (χ4n) is 5.55. The van der Waals surface area contributed by atoms with Crippen LogP contribution in [0.4, 0.5) is 32.4 Å². The molecule has 0 spiro atoms. The first kappa shape index (κ1) is 31.5. The summed E-state index contributed by atoms with van der Waals surface area (Å²) in [5, 5.41) is 9.07. The van der Waals surface area contributed by atoms with Gasteiger partial charge in [-0.1, -0.05) is 12.1 Å². The first-order valence-corrected chi connectivity index (χ1v) is 14.6. The van der Waals surface area contributed by atoms with Gasteiger partial charge in [-0.3, -0.25) is 5.32 Å². The minimum absolute atomic E-state index is 0.0489. The van der Waals surface area contributed by atoms with E-state index >= 15 is 0 Å². The van der Waals surface area contributed by atoms with Crippen molar-refractivity contribution in [1.29, 1.82) is 0 Å². The van der Waals surface area contributed by atoms with Crippen molar-refractivity contribution in [1.82, 2.24) is 30.5 Å². The number of ether oxygens (including phenoxy) is 1. The molecule has 0 aliphatic carbocycles. The number of para-hydroxylation sites is 1. The van der Waals surface area contributed by atoms with Crippen LogP contribution in [-0.4, -0.2) is 64.3 Å². The first-order chi connectivity index (χ1) is 21.1. The monoisotopic (exact) mass is 619 g/mol. The van der Waals surface area contributed by atoms with Crippen LogP contribution < -0.4 is 20.7 Å². The number of benzene rings is 1. The van der Waals surface area contributed by atoms with E-state index in [0.29, 0.717) is 31.8 Å². The molecule has 5 rings (SSSR count). The lowest BCUT2D eigenvalue weighted by molar-refractivity contribution is -0.141. The van der Waals surface area contributed by atoms with Gasteiger partial charge in [0.25, 0.3) is 0 Å². The van der Waals surface area contributed by atoms with Gasteiger partial charge in [-0.15, -0.1) is 0 Å². The van der Waals surface area contributed by atoms with Gasteiger partial charge in [0.2, 0.25) is 5.88 Å². The molecule has 2 amide bonds. The maximum atomic E-state index is 14.0. The summed E-state index contributed by atoms with van der Waals surface area (Å²) in [7, 11) is 0. The molecule has 2 aliphatic heterocycles. The van der Waals surface area contributed by atoms with E-state index in [1.807, 2.05) is 0 Å². The van der Waals surface area contributed by atoms with Crippen molar-refractivity contribution in [2.45, 2.75) is 63.4 Å². The van der Waals surface area contributed by atoms with E-state index < -0.39 is 41.5 Å². The van der Waals surface area contributed by atoms with Crippen LogP contribution in [-0.2, 0) is 12.6 Å². The number of likely N-dealkylation sites (tertiary alicyclic amines) is 1. The standard InChI is InChI=1S/C30H34F5N7O2/c1-18-37-17-20(16-26(39-21-8-12-36-13-9-21)44-25-7-3-6-24(40-25)30(33,34)35)27(38-18)19-10-14-42(15-11-19)29(43)41-28-22(31)4-2-5-23(28)32/h2-7,17,19,21,26,36,39H,8-16H2,1H3,(H,41,43). The highest BCUT2D eigenvalue weighted by molar-refractivity contribution is 5.89. The average Bonchev–Trinajstić information content (AvgIpc) is 3.00. The zero-order valence-electron chi connectivity index (χ0n) is 24.1. The second-order valence-corrected chi connectivity index (χ2v) is 11.0. The molecule has 4 heterocycles. The summed E-state index contributed by atoms with van der Waals surface area (Å²) >= 11 is 0. The van der Waals surface area contributed by atoms with Crippen LogP contribution in [0.3, 0.4) is 0 Å². The number of alkyl halides is 3. The molecule has 2 fully saturated rings. The molecular formula is C30H34F5N7O2. The van der Waals surface area contributed by atoms with E-state index in [-0.39, 0.29) is 24.3 Å². The topological polar surface area (TPSA) is 104 Å². The smallest absolute Gasteiger partial charge is 0.433 e. The summed E-state index contributed by atoms with van der Waals surface area (Å²) in [6, 6.07) is 6.41. The van der Waals surface area contributed by atoms with Crippen LogP contribution in [0.2, 0.25) is 0 Å². The van der Waals surface area contributed by atoms with E-state index in [4.69, 9.17) is 9.72 Å². The van der Waals surface area contributed by atoms with Gasteiger partial charge in [0.1, 0.15) is 28.8 Å². The number of amides is 2. The Hall–Kier alpha value is -3.91. The number of pyridine rings is 1. The second kappa shape index (κ2) is 13.8. The number of anilines is 1. The number of hydrogen-bond acceptors (Lipinski definition) is 7. The van der Waals surface area contributed by atoms with Gasteiger partial charge in [0.15, 0.2) is 6.23 Å². The van der Waals surface area contributed by atoms with Gasteiger partial charge in [-0.2, -0.15) is 13.2 Å². The number of carbonyl (C=O) groups is 1. The Morgan fingerprint density at radius 2 is 1.73 bits per heavy atom. The molecule has 1 atom stereocenters. The molecule has 0 radical (unpaired) electrons. The Morgan fingerprint density at radius 1 is 1.05 bits per heavy atom. The van der Waals surface area contributed by atoms with E-state index in [0.717, 1.165) is 55.4 Å². The number of halogens is 5. The van der Waals surface area contributed by atoms with Crippen molar-refractivity contribution >= 4 is 11.7 Å². The molecule has 2 aliphatic rings. The van der Waals surface area contributed by atoms with Crippen LogP contribution >= 0.6 is 0 Å². The third-order valence-electron chi connectivity index (χ3n) is 7.83. The lowest BCUT2D eigenvalue weighted by Crippen LogP contribution is -2.48. The van der Waals surface area contributed by atoms with E-state index in [1.54, 1.807) is 13.1 Å². The lowest BCUT2D eigenvalue weighted by atomic mass is 9.89. The van der Waals surface area contributed by atoms with Crippen molar-refractivity contribution in [2.24, 2.45) is 0 Å². The van der Waals surface area contributed by atoms with Gasteiger partial charge < -0.3 is 20.3 Å². The summed E-state index contributed by atoms with van der Waals surface area (Å²) < 4.78 is 74.1. The molecule has 44 heavy (non-hydrogen) atoms. The number of nitrogens with zero attached hydrogens (tertiary/aromatic N) is 4. The second-order valence-electron chi connectivity index (χ2n) is 11.0. The zero-order valence-corrected chi connectivity index (χ0v) is 24.1. The van der Waals surface area contributed by atoms with Crippen LogP contribution in [0.1, 0.15) is 54.4 Å². The number of urea groups is 1. The molecule has 236 valence electrons. The van der Waals surface area contributed by atoms with E-state index in [9.17, 15) is 26.7 Å². The molecule has 3 aromatic rings. The highest BCUT2D eigenvalue weighted by Gasteiger charge is 2.33. The Balaban J connectivity index is 1.31. The van der Waals surface area contributed by atoms with Gasteiger partial charge in [0, 0.05) is 43.7 Å². The quantitative estimate of drug-likeness (QED) is 0.236. The van der Waals surface area contributed by atoms with Crippen molar-refractivity contribution in [3.05, 3.63) is 77.0 Å². The SMILES string of the molecule is Cc1ncc(CC(NC2CCNCC2)Oc2cccc(C(F)(F)F)n2)c(C2CCN(C(=O)Nc3c(F)cccc3F)CC2)n1. The van der Waals surface area contributed by atoms with Crippen LogP contribution in [0.25, 0.3) is 0 Å². The molecule has 0 saturated carbocycles. The van der Waals surface area contributed by atoms with Crippen molar-refractivity contribution in [3.63, 3.8) is 0 Å². The predicted octanol–water partition coefficient (Wildman–Crippen LogP) is 5.18. The minimum atomic E-state index is -4.61. The highest BCUT2D eigenvalue weighted by atomic mass is 19.4. The van der Waals surface area contributed by atoms with Gasteiger partial charge in [-0.25, -0.2) is 28.5 Å². The maximum Gasteiger partial charge on any atom is 0.433 e. The Kier molecular flexibility index (Phi) is 9.89. The third kappa shape index (κ3) is 7.97. The summed E-state index contributed by atoms with van der Waals surface area (Å²) in [4.78, 5) is 27.1. The van der Waals surface area contributed by atoms with Crippen molar-refractivity contribution in [2.75, 3.05) is 31.5 Å². The van der Waals surface area contributed by atoms with Gasteiger partial charge >= 0.3 is 12.2 Å². The average molecular weight is 620 g/mol. The molecule has 2 aromatic heterocycles. The number of nitrogens with one attached hydrogen (secondary N) is 3. The predicted molar refractivity (Wildman–Crippen MR) is 152 cm³/mol. The molecule has 9 nitrogen and oxygen atoms in total. The largest absolute Gasteiger partial charge is 0.458 e. The van der Waals surface area contributed by atoms with Crippen LogP contribution in [0.15, 0.2) is 42.6 Å². The summed E-state index contributed by atoms with van der Waals surface area (Å²) in [5.41, 5.74) is 0.0140. The van der Waals surface area contributed by atoms with Gasteiger partial charge in [0.05, 0.1) is 5.69 Å². The van der Waals surface area contributed by atoms with Crippen LogP contribution in [0.5, 0.6) is 5.88 Å². The Bertz CT molecular complexity index is 1420. The molecule has 0 bridgehead atoms. The highest BCUT2D eigenvalue weighted by Crippen LogP contribution is 2.32. The first-order valence-electron chi connectivity index (χ1n) is 14.6. The molecular weight excluding hydrogens is 585 g/mol. The van der Waals surface area contributed by atoms with Crippen molar-refractivity contribution in [3.8, 4) is 5.88 Å². The van der Waals surface area contributed by atoms with Crippen molar-refractivity contribution < 1.29 is 31.5 Å². The third-order valence-corrected chi connectivity index (χ3v) is 7.83. The number of piperidine rings is 2. The normalized spacial score (nSPS) is 17.4. The summed E-state index contributed by atoms with van der Waals surface area (Å²) in [5.74, 6) is -1.35. The fourth-order valence-corrected chi connectivity index (χ4v) is 5.55. The number of aromatic nitrogens is 3. The van der Waals surface area contributed by atoms with Gasteiger partial charge in [-0.05, 0) is 69.5 Å². The minimum Gasteiger partial charge on any atom is -0.458 e. The Morgan fingerprint density at radius 3 is 2.41 bits per heavy atom. The maximum absolute atomic E-state index is 14.0. The van der Waals surface area contributed by atoms with Crippen LogP contribution in [0, 0.1) is 18.6 Å². The van der Waals surface area contributed by atoms with E-state index in [2.05, 4.69) is 25.9 Å². The molecule has 1 aromatic carbocycles. The lowest BCUT2D eigenvalue weighted by Gasteiger charge is -2.33. The number of rotatable bonds is 8. The Labute approximate surface area is 251 Å². The summed E-state index contributed by atoms with van der Waals surface area (Å²) in [6.07, 6.45) is -0.611. The molecule has 1 unspecified atom stereocenters. The summed E-state index contributed by atoms with van der Waals surface area (Å²) in [6.45, 7) is 4.04. The zero-order chi connectivity index (χ0) is 31.3. The van der Waals surface area contributed by atoms with E-state index in [1.165, 1.54) is 23.1 Å². The molecule has 14 heteroatoms. The fraction of sp³-hybridized carbons (Fsp3) is 0.467. The number of aryl methyl sites for hydroxylation is 1. The number of hydrogen-bond donors (Lipinski definition) is 3.